The smallest absolute Gasteiger partial charge is 0.305 e. The molecule has 1 N–H and O–H groups in total. The van der Waals surface area contributed by atoms with Gasteiger partial charge < -0.3 is 14.6 Å². The summed E-state index contributed by atoms with van der Waals surface area (Å²) < 4.78 is 10.2. The molecule has 0 aromatic heterocycles. The van der Waals surface area contributed by atoms with Crippen molar-refractivity contribution in [3.63, 3.8) is 0 Å². The third kappa shape index (κ3) is 9.96. The van der Waals surface area contributed by atoms with Crippen molar-refractivity contribution in [3.05, 3.63) is 0 Å². The molecule has 100 valence electrons. The Morgan fingerprint density at radius 1 is 0.941 bits per heavy atom. The Morgan fingerprint density at radius 3 is 1.82 bits per heavy atom. The van der Waals surface area contributed by atoms with E-state index in [1.165, 1.54) is 0 Å². The van der Waals surface area contributed by atoms with Gasteiger partial charge in [-0.05, 0) is 0 Å². The summed E-state index contributed by atoms with van der Waals surface area (Å²) in [6.45, 7) is 6.96. The van der Waals surface area contributed by atoms with Gasteiger partial charge in [0.25, 0.3) is 0 Å². The van der Waals surface area contributed by atoms with E-state index >= 15 is 0 Å². The van der Waals surface area contributed by atoms with E-state index in [1.807, 2.05) is 20.8 Å². The van der Waals surface area contributed by atoms with Crippen LogP contribution in [0.2, 0.25) is 0 Å². The van der Waals surface area contributed by atoms with Crippen LogP contribution in [0.4, 0.5) is 0 Å². The summed E-state index contributed by atoms with van der Waals surface area (Å²) >= 11 is 0. The molecule has 0 unspecified atom stereocenters. The normalized spacial score (nSPS) is 11.5. The Kier molecular flexibility index (Phi) is 7.74. The molecular formula is C12H22O5. The van der Waals surface area contributed by atoms with E-state index in [2.05, 4.69) is 0 Å². The monoisotopic (exact) mass is 246 g/mol. The van der Waals surface area contributed by atoms with Crippen LogP contribution in [0.3, 0.4) is 0 Å². The second-order valence-corrected chi connectivity index (χ2v) is 4.79. The number of ketones is 1. The summed E-state index contributed by atoms with van der Waals surface area (Å²) in [5, 5.41) is 8.34. The van der Waals surface area contributed by atoms with Crippen molar-refractivity contribution in [2.45, 2.75) is 33.6 Å². The lowest BCUT2D eigenvalue weighted by molar-refractivity contribution is -0.138. The summed E-state index contributed by atoms with van der Waals surface area (Å²) in [5.41, 5.74) is -0.318. The first-order chi connectivity index (χ1) is 7.84. The van der Waals surface area contributed by atoms with Gasteiger partial charge >= 0.3 is 5.97 Å². The van der Waals surface area contributed by atoms with Crippen molar-refractivity contribution >= 4 is 11.8 Å². The van der Waals surface area contributed by atoms with Gasteiger partial charge in [0.2, 0.25) is 0 Å². The molecule has 0 atom stereocenters. The number of carboxylic acid groups (broad SMARTS) is 1. The molecule has 0 aliphatic heterocycles. The fourth-order valence-corrected chi connectivity index (χ4v) is 1.02. The lowest BCUT2D eigenvalue weighted by Gasteiger charge is -2.16. The predicted octanol–water partition coefficient (Wildman–Crippen LogP) is 1.50. The van der Waals surface area contributed by atoms with Crippen LogP contribution < -0.4 is 0 Å². The third-order valence-corrected chi connectivity index (χ3v) is 2.14. The third-order valence-electron chi connectivity index (χ3n) is 2.14. The highest BCUT2D eigenvalue weighted by Crippen LogP contribution is 2.16. The predicted molar refractivity (Wildman–Crippen MR) is 63.0 cm³/mol. The van der Waals surface area contributed by atoms with Gasteiger partial charge in [0.15, 0.2) is 0 Å². The van der Waals surface area contributed by atoms with Gasteiger partial charge in [0.05, 0.1) is 32.8 Å². The number of rotatable bonds is 9. The van der Waals surface area contributed by atoms with Crippen molar-refractivity contribution in [3.8, 4) is 0 Å². The quantitative estimate of drug-likeness (QED) is 0.624. The van der Waals surface area contributed by atoms with E-state index in [0.29, 0.717) is 26.2 Å². The largest absolute Gasteiger partial charge is 0.481 e. The van der Waals surface area contributed by atoms with E-state index in [1.54, 1.807) is 0 Å². The lowest BCUT2D eigenvalue weighted by Crippen LogP contribution is -2.21. The molecule has 0 aromatic rings. The Morgan fingerprint density at radius 2 is 1.41 bits per heavy atom. The molecule has 0 bridgehead atoms. The van der Waals surface area contributed by atoms with Gasteiger partial charge in [0, 0.05) is 11.8 Å². The van der Waals surface area contributed by atoms with E-state index in [0.717, 1.165) is 0 Å². The molecule has 0 aromatic carbocycles. The maximum Gasteiger partial charge on any atom is 0.305 e. The van der Waals surface area contributed by atoms with Gasteiger partial charge in [0.1, 0.15) is 5.78 Å². The number of carbonyl (C=O) groups excluding carboxylic acids is 1. The molecule has 5 nitrogen and oxygen atoms in total. The van der Waals surface area contributed by atoms with Crippen LogP contribution in [0.25, 0.3) is 0 Å². The highest BCUT2D eigenvalue weighted by molar-refractivity contribution is 5.83. The number of carbonyl (C=O) groups is 2. The number of ether oxygens (including phenoxy) is 2. The number of carboxylic acids is 1. The summed E-state index contributed by atoms with van der Waals surface area (Å²) in [6.07, 6.45) is 0.404. The fraction of sp³-hybridized carbons (Fsp3) is 0.833. The van der Waals surface area contributed by atoms with Crippen LogP contribution in [-0.2, 0) is 19.1 Å². The maximum atomic E-state index is 11.5. The standard InChI is InChI=1S/C12H22O5/c1-12(2,3)10(13)4-6-16-8-9-17-7-5-11(14)15/h4-9H2,1-3H3,(H,14,15). The molecule has 5 heteroatoms. The van der Waals surface area contributed by atoms with Crippen molar-refractivity contribution in [1.29, 1.82) is 0 Å². The van der Waals surface area contributed by atoms with Crippen molar-refractivity contribution in [2.24, 2.45) is 5.41 Å². The Bertz CT molecular complexity index is 242. The maximum absolute atomic E-state index is 11.5. The first kappa shape index (κ1) is 16.1. The fourth-order valence-electron chi connectivity index (χ4n) is 1.02. The minimum atomic E-state index is -0.873. The molecule has 0 aliphatic rings. The van der Waals surface area contributed by atoms with Gasteiger partial charge in [-0.25, -0.2) is 0 Å². The van der Waals surface area contributed by atoms with Crippen LogP contribution in [0, 0.1) is 5.41 Å². The first-order valence-electron chi connectivity index (χ1n) is 5.74. The summed E-state index contributed by atoms with van der Waals surface area (Å²) in [7, 11) is 0. The summed E-state index contributed by atoms with van der Waals surface area (Å²) in [5.74, 6) is -0.703. The van der Waals surface area contributed by atoms with Gasteiger partial charge in [-0.15, -0.1) is 0 Å². The van der Waals surface area contributed by atoms with Crippen LogP contribution in [0.5, 0.6) is 0 Å². The number of hydrogen-bond donors (Lipinski definition) is 1. The SMILES string of the molecule is CC(C)(C)C(=O)CCOCCOCCC(=O)O. The minimum Gasteiger partial charge on any atom is -0.481 e. The van der Waals surface area contributed by atoms with E-state index in [9.17, 15) is 9.59 Å². The Labute approximate surface area is 102 Å². The van der Waals surface area contributed by atoms with Gasteiger partial charge in [-0.2, -0.15) is 0 Å². The molecule has 0 saturated heterocycles. The van der Waals surface area contributed by atoms with Crippen molar-refractivity contribution < 1.29 is 24.2 Å². The number of hydrogen-bond acceptors (Lipinski definition) is 4. The molecule has 0 heterocycles. The summed E-state index contributed by atoms with van der Waals surface area (Å²) in [4.78, 5) is 21.7. The van der Waals surface area contributed by atoms with E-state index < -0.39 is 5.97 Å². The van der Waals surface area contributed by atoms with Crippen LogP contribution in [-0.4, -0.2) is 43.3 Å². The molecule has 0 amide bonds. The number of aliphatic carboxylic acids is 1. The zero-order chi connectivity index (χ0) is 13.3. The highest BCUT2D eigenvalue weighted by atomic mass is 16.5. The molecule has 0 spiro atoms. The zero-order valence-corrected chi connectivity index (χ0v) is 10.8. The first-order valence-corrected chi connectivity index (χ1v) is 5.74. The average Bonchev–Trinajstić information content (AvgIpc) is 2.19. The molecule has 0 radical (unpaired) electrons. The van der Waals surface area contributed by atoms with E-state index in [4.69, 9.17) is 14.6 Å². The molecule has 0 aliphatic carbocycles. The van der Waals surface area contributed by atoms with Crippen molar-refractivity contribution in [1.82, 2.24) is 0 Å². The average molecular weight is 246 g/mol. The Balaban J connectivity index is 3.30. The van der Waals surface area contributed by atoms with Crippen LogP contribution in [0.15, 0.2) is 0 Å². The number of Topliss-reactive ketones (excluding diaryl/α,β-unsaturated/α-hetero) is 1. The van der Waals surface area contributed by atoms with Gasteiger partial charge in [-0.1, -0.05) is 20.8 Å². The molecule has 0 saturated carbocycles. The lowest BCUT2D eigenvalue weighted by atomic mass is 9.89. The highest BCUT2D eigenvalue weighted by Gasteiger charge is 2.20. The topological polar surface area (TPSA) is 72.8 Å². The summed E-state index contributed by atoms with van der Waals surface area (Å²) in [6, 6.07) is 0. The van der Waals surface area contributed by atoms with Gasteiger partial charge in [-0.3, -0.25) is 9.59 Å². The molecular weight excluding hydrogens is 224 g/mol. The van der Waals surface area contributed by atoms with E-state index in [-0.39, 0.29) is 24.2 Å². The van der Waals surface area contributed by atoms with Crippen LogP contribution in [0.1, 0.15) is 33.6 Å². The zero-order valence-electron chi connectivity index (χ0n) is 10.8. The molecule has 0 fully saturated rings. The van der Waals surface area contributed by atoms with Crippen LogP contribution >= 0.6 is 0 Å². The van der Waals surface area contributed by atoms with Crippen molar-refractivity contribution in [2.75, 3.05) is 26.4 Å². The second-order valence-electron chi connectivity index (χ2n) is 4.79. The molecule has 17 heavy (non-hydrogen) atoms. The second kappa shape index (κ2) is 8.20. The molecule has 0 rings (SSSR count). The minimum absolute atomic E-state index is 0.00249. The Hall–Kier alpha value is -0.940.